The average Bonchev–Trinajstić information content (AvgIpc) is 2.96. The zero-order valence-corrected chi connectivity index (χ0v) is 15.9. The van der Waals surface area contributed by atoms with Crippen LogP contribution in [0.5, 0.6) is 11.5 Å². The number of carbonyl (C=O) groups is 1. The molecule has 0 radical (unpaired) electrons. The molecule has 2 rings (SSSR count). The highest BCUT2D eigenvalue weighted by atomic mass is 31.2. The largest absolute Gasteiger partial charge is 0.493 e. The Labute approximate surface area is 148 Å². The van der Waals surface area contributed by atoms with Gasteiger partial charge in [0.15, 0.2) is 17.2 Å². The van der Waals surface area contributed by atoms with Crippen molar-refractivity contribution >= 4 is 13.6 Å². The minimum Gasteiger partial charge on any atom is -0.493 e. The maximum atomic E-state index is 13.1. The number of methoxy groups -OCH3 is 2. The van der Waals surface area contributed by atoms with E-state index in [2.05, 4.69) is 0 Å². The second-order valence-electron chi connectivity index (χ2n) is 5.60. The Kier molecular flexibility index (Phi) is 6.87. The Morgan fingerprint density at radius 2 is 1.76 bits per heavy atom. The summed E-state index contributed by atoms with van der Waals surface area (Å²) in [5.74, 6) is 0.390. The quantitative estimate of drug-likeness (QED) is 0.487. The van der Waals surface area contributed by atoms with Crippen LogP contribution in [-0.2, 0) is 29.6 Å². The molecule has 0 saturated carbocycles. The molecule has 7 nitrogen and oxygen atoms in total. The highest BCUT2D eigenvalue weighted by Crippen LogP contribution is 2.58. The summed E-state index contributed by atoms with van der Waals surface area (Å²) < 4.78 is 39.5. The summed E-state index contributed by atoms with van der Waals surface area (Å²) in [6, 6.07) is 5.52. The lowest BCUT2D eigenvalue weighted by molar-refractivity contribution is -0.138. The second-order valence-corrected chi connectivity index (χ2v) is 7.76. The van der Waals surface area contributed by atoms with Crippen molar-refractivity contribution < 1.29 is 32.6 Å². The third kappa shape index (κ3) is 4.35. The van der Waals surface area contributed by atoms with Gasteiger partial charge in [-0.2, -0.15) is 0 Å². The third-order valence-electron chi connectivity index (χ3n) is 4.03. The predicted octanol–water partition coefficient (Wildman–Crippen LogP) is 3.05. The number of benzene rings is 1. The third-order valence-corrected chi connectivity index (χ3v) is 6.58. The first-order valence-electron chi connectivity index (χ1n) is 8.25. The molecule has 0 aromatic heterocycles. The van der Waals surface area contributed by atoms with E-state index >= 15 is 0 Å². The number of rotatable bonds is 9. The molecule has 1 fully saturated rings. The number of hydrogen-bond acceptors (Lipinski definition) is 7. The number of esters is 1. The van der Waals surface area contributed by atoms with E-state index in [1.165, 1.54) is 0 Å². The highest BCUT2D eigenvalue weighted by Gasteiger charge is 2.51. The summed E-state index contributed by atoms with van der Waals surface area (Å²) in [5, 5.41) is 0. The number of cyclic esters (lactones) is 1. The second kappa shape index (κ2) is 8.70. The van der Waals surface area contributed by atoms with Gasteiger partial charge in [-0.25, -0.2) is 0 Å². The molecule has 1 aromatic carbocycles. The van der Waals surface area contributed by atoms with Crippen molar-refractivity contribution in [3.05, 3.63) is 23.8 Å². The van der Waals surface area contributed by atoms with Gasteiger partial charge < -0.3 is 23.3 Å². The van der Waals surface area contributed by atoms with Crippen LogP contribution in [0, 0.1) is 5.92 Å². The Morgan fingerprint density at radius 1 is 1.12 bits per heavy atom. The van der Waals surface area contributed by atoms with Crippen molar-refractivity contribution in [1.29, 1.82) is 0 Å². The fraction of sp³-hybridized carbons (Fsp3) is 0.588. The van der Waals surface area contributed by atoms with Gasteiger partial charge in [-0.05, 0) is 38.0 Å². The number of carbonyl (C=O) groups excluding carboxylic acids is 1. The van der Waals surface area contributed by atoms with E-state index in [1.54, 1.807) is 34.1 Å². The molecule has 1 aliphatic heterocycles. The Morgan fingerprint density at radius 3 is 2.32 bits per heavy atom. The van der Waals surface area contributed by atoms with Gasteiger partial charge >= 0.3 is 13.6 Å². The molecule has 1 saturated heterocycles. The molecule has 0 amide bonds. The first kappa shape index (κ1) is 19.8. The van der Waals surface area contributed by atoms with Crippen molar-refractivity contribution in [3.8, 4) is 11.5 Å². The van der Waals surface area contributed by atoms with Gasteiger partial charge in [-0.3, -0.25) is 9.36 Å². The topological polar surface area (TPSA) is 80.3 Å². The van der Waals surface area contributed by atoms with E-state index in [4.69, 9.17) is 23.3 Å². The average molecular weight is 372 g/mol. The highest BCUT2D eigenvalue weighted by molar-refractivity contribution is 7.55. The van der Waals surface area contributed by atoms with Crippen molar-refractivity contribution in [2.75, 3.05) is 34.0 Å². The van der Waals surface area contributed by atoms with E-state index in [1.807, 2.05) is 12.1 Å². The van der Waals surface area contributed by atoms with Crippen LogP contribution in [0.1, 0.15) is 19.4 Å². The van der Waals surface area contributed by atoms with Gasteiger partial charge in [-0.15, -0.1) is 0 Å². The molecule has 140 valence electrons. The molecule has 0 N–H and O–H groups in total. The molecule has 25 heavy (non-hydrogen) atoms. The Balaban J connectivity index is 2.25. The zero-order chi connectivity index (χ0) is 18.4. The van der Waals surface area contributed by atoms with Crippen LogP contribution in [0.15, 0.2) is 18.2 Å². The van der Waals surface area contributed by atoms with Crippen molar-refractivity contribution in [2.24, 2.45) is 5.92 Å². The van der Waals surface area contributed by atoms with E-state index < -0.39 is 19.2 Å². The SMILES string of the molecule is CCOP(=O)(OCC)C1C(=O)OCC1Cc1ccc(OC)c(OC)c1. The standard InChI is InChI=1S/C17H25O7P/c1-5-23-25(19,24-6-2)16-13(11-22-17(16)18)9-12-7-8-14(20-3)15(10-12)21-4/h7-8,10,13,16H,5-6,9,11H2,1-4H3. The number of hydrogen-bond donors (Lipinski definition) is 0. The van der Waals surface area contributed by atoms with Gasteiger partial charge in [0.05, 0.1) is 34.0 Å². The summed E-state index contributed by atoms with van der Waals surface area (Å²) in [4.78, 5) is 12.2. The summed E-state index contributed by atoms with van der Waals surface area (Å²) in [7, 11) is -0.453. The lowest BCUT2D eigenvalue weighted by Crippen LogP contribution is -2.26. The lowest BCUT2D eigenvalue weighted by Gasteiger charge is -2.24. The maximum absolute atomic E-state index is 13.1. The minimum atomic E-state index is -3.58. The molecule has 0 spiro atoms. The Bertz CT molecular complexity index is 636. The molecule has 8 heteroatoms. The zero-order valence-electron chi connectivity index (χ0n) is 15.0. The van der Waals surface area contributed by atoms with Gasteiger partial charge in [-0.1, -0.05) is 6.07 Å². The van der Waals surface area contributed by atoms with Gasteiger partial charge in [0.1, 0.15) is 0 Å². The van der Waals surface area contributed by atoms with Crippen LogP contribution in [0.2, 0.25) is 0 Å². The van der Waals surface area contributed by atoms with Crippen molar-refractivity contribution in [1.82, 2.24) is 0 Å². The number of ether oxygens (including phenoxy) is 3. The van der Waals surface area contributed by atoms with Gasteiger partial charge in [0.25, 0.3) is 0 Å². The summed E-state index contributed by atoms with van der Waals surface area (Å²) in [6.45, 7) is 4.01. The Hall–Kier alpha value is -1.56. The summed E-state index contributed by atoms with van der Waals surface area (Å²) in [5.41, 5.74) is 0.00555. The molecular weight excluding hydrogens is 347 g/mol. The van der Waals surface area contributed by atoms with Crippen LogP contribution in [0.4, 0.5) is 0 Å². The van der Waals surface area contributed by atoms with Crippen LogP contribution < -0.4 is 9.47 Å². The summed E-state index contributed by atoms with van der Waals surface area (Å²) >= 11 is 0. The first-order chi connectivity index (χ1) is 12.0. The lowest BCUT2D eigenvalue weighted by atomic mass is 9.98. The van der Waals surface area contributed by atoms with Gasteiger partial charge in [0.2, 0.25) is 0 Å². The van der Waals surface area contributed by atoms with E-state index in [9.17, 15) is 9.36 Å². The fourth-order valence-corrected chi connectivity index (χ4v) is 5.14. The molecule has 0 bridgehead atoms. The van der Waals surface area contributed by atoms with Crippen LogP contribution in [0.3, 0.4) is 0 Å². The van der Waals surface area contributed by atoms with Crippen LogP contribution >= 0.6 is 7.60 Å². The monoisotopic (exact) mass is 372 g/mol. The molecule has 1 aliphatic rings. The van der Waals surface area contributed by atoms with Crippen LogP contribution in [-0.4, -0.2) is 45.7 Å². The van der Waals surface area contributed by atoms with E-state index in [0.29, 0.717) is 17.9 Å². The van der Waals surface area contributed by atoms with E-state index in [-0.39, 0.29) is 25.7 Å². The molecule has 2 atom stereocenters. The summed E-state index contributed by atoms with van der Waals surface area (Å²) in [6.07, 6.45) is 0.487. The van der Waals surface area contributed by atoms with Gasteiger partial charge in [0, 0.05) is 5.92 Å². The predicted molar refractivity (Wildman–Crippen MR) is 92.3 cm³/mol. The molecule has 0 aliphatic carbocycles. The van der Waals surface area contributed by atoms with Crippen molar-refractivity contribution in [3.63, 3.8) is 0 Å². The van der Waals surface area contributed by atoms with Crippen molar-refractivity contribution in [2.45, 2.75) is 25.9 Å². The minimum absolute atomic E-state index is 0.183. The molecule has 1 heterocycles. The van der Waals surface area contributed by atoms with E-state index in [0.717, 1.165) is 5.56 Å². The molecular formula is C17H25O7P. The molecule has 2 unspecified atom stereocenters. The first-order valence-corrected chi connectivity index (χ1v) is 9.86. The molecule has 1 aromatic rings. The smallest absolute Gasteiger partial charge is 0.345 e. The fourth-order valence-electron chi connectivity index (χ4n) is 2.98. The normalized spacial score (nSPS) is 20.4. The van der Waals surface area contributed by atoms with Crippen LogP contribution in [0.25, 0.3) is 0 Å². The maximum Gasteiger partial charge on any atom is 0.345 e.